The summed E-state index contributed by atoms with van der Waals surface area (Å²) in [6, 6.07) is 13.2. The Bertz CT molecular complexity index is 909. The van der Waals surface area contributed by atoms with Gasteiger partial charge in [-0.2, -0.15) is 5.10 Å². The number of hydrogen-bond donors (Lipinski definition) is 1. The van der Waals surface area contributed by atoms with E-state index in [4.69, 9.17) is 9.47 Å². The Morgan fingerprint density at radius 3 is 2.55 bits per heavy atom. The van der Waals surface area contributed by atoms with Crippen molar-refractivity contribution >= 4 is 23.7 Å². The normalized spacial score (nSPS) is 16.3. The molecule has 0 saturated carbocycles. The first-order valence-corrected chi connectivity index (χ1v) is 9.50. The van der Waals surface area contributed by atoms with Crippen LogP contribution in [-0.2, 0) is 16.0 Å². The number of carbonyl (C=O) groups is 2. The zero-order chi connectivity index (χ0) is 20.8. The van der Waals surface area contributed by atoms with Gasteiger partial charge < -0.3 is 14.4 Å². The van der Waals surface area contributed by atoms with Gasteiger partial charge in [0.2, 0.25) is 11.8 Å². The van der Waals surface area contributed by atoms with Crippen molar-refractivity contribution in [2.45, 2.75) is 19.8 Å². The zero-order valence-corrected chi connectivity index (χ0v) is 16.8. The lowest BCUT2D eigenvalue weighted by Gasteiger charge is -2.16. The van der Waals surface area contributed by atoms with E-state index in [2.05, 4.69) is 17.5 Å². The molecule has 2 aromatic carbocycles. The van der Waals surface area contributed by atoms with Crippen LogP contribution >= 0.6 is 0 Å². The van der Waals surface area contributed by atoms with E-state index in [0.717, 1.165) is 17.7 Å². The fourth-order valence-electron chi connectivity index (χ4n) is 3.24. The number of anilines is 1. The molecule has 1 fully saturated rings. The highest BCUT2D eigenvalue weighted by Crippen LogP contribution is 2.27. The number of hydrogen-bond acceptors (Lipinski definition) is 5. The van der Waals surface area contributed by atoms with E-state index < -0.39 is 5.92 Å². The lowest BCUT2D eigenvalue weighted by atomic mass is 10.1. The largest absolute Gasteiger partial charge is 0.493 e. The number of nitrogens with one attached hydrogen (secondary N) is 1. The van der Waals surface area contributed by atoms with Gasteiger partial charge in [0, 0.05) is 18.7 Å². The third-order valence-electron chi connectivity index (χ3n) is 4.95. The van der Waals surface area contributed by atoms with Crippen LogP contribution in [0.4, 0.5) is 5.69 Å². The Morgan fingerprint density at radius 1 is 1.17 bits per heavy atom. The monoisotopic (exact) mass is 395 g/mol. The van der Waals surface area contributed by atoms with E-state index in [-0.39, 0.29) is 18.2 Å². The van der Waals surface area contributed by atoms with Crippen molar-refractivity contribution in [3.05, 3.63) is 53.6 Å². The first-order chi connectivity index (χ1) is 14.0. The van der Waals surface area contributed by atoms with Crippen LogP contribution in [0, 0.1) is 5.92 Å². The molecule has 0 bridgehead atoms. The second-order valence-electron chi connectivity index (χ2n) is 6.77. The van der Waals surface area contributed by atoms with Crippen molar-refractivity contribution in [1.29, 1.82) is 0 Å². The van der Waals surface area contributed by atoms with Crippen LogP contribution in [0.2, 0.25) is 0 Å². The van der Waals surface area contributed by atoms with E-state index in [1.807, 2.05) is 24.3 Å². The van der Waals surface area contributed by atoms with E-state index in [9.17, 15) is 9.59 Å². The molecule has 2 aromatic rings. The molecule has 1 aliphatic heterocycles. The minimum Gasteiger partial charge on any atom is -0.493 e. The van der Waals surface area contributed by atoms with Gasteiger partial charge in [0.1, 0.15) is 0 Å². The molecule has 152 valence electrons. The Morgan fingerprint density at radius 2 is 1.90 bits per heavy atom. The Hall–Kier alpha value is -3.35. The highest BCUT2D eigenvalue weighted by molar-refractivity contribution is 6.00. The number of carbonyl (C=O) groups excluding carboxylic acids is 2. The van der Waals surface area contributed by atoms with Crippen LogP contribution in [0.3, 0.4) is 0 Å². The topological polar surface area (TPSA) is 80.2 Å². The van der Waals surface area contributed by atoms with Gasteiger partial charge in [0.25, 0.3) is 0 Å². The second-order valence-corrected chi connectivity index (χ2v) is 6.77. The van der Waals surface area contributed by atoms with E-state index in [1.54, 1.807) is 37.3 Å². The smallest absolute Gasteiger partial charge is 0.245 e. The number of nitrogens with zero attached hydrogens (tertiary/aromatic N) is 2. The van der Waals surface area contributed by atoms with E-state index in [1.165, 1.54) is 11.8 Å². The highest BCUT2D eigenvalue weighted by Gasteiger charge is 2.35. The minimum atomic E-state index is -0.434. The summed E-state index contributed by atoms with van der Waals surface area (Å²) < 4.78 is 10.4. The number of aryl methyl sites for hydroxylation is 1. The predicted molar refractivity (Wildman–Crippen MR) is 112 cm³/mol. The molecule has 29 heavy (non-hydrogen) atoms. The van der Waals surface area contributed by atoms with Crippen LogP contribution in [0.25, 0.3) is 0 Å². The lowest BCUT2D eigenvalue weighted by molar-refractivity contribution is -0.126. The lowest BCUT2D eigenvalue weighted by Crippen LogP contribution is -2.30. The summed E-state index contributed by atoms with van der Waals surface area (Å²) in [6.45, 7) is 2.43. The summed E-state index contributed by atoms with van der Waals surface area (Å²) in [5, 5.41) is 4.01. The fraction of sp³-hybridized carbons (Fsp3) is 0.318. The SMILES string of the molecule is CCc1ccc(N2C[C@H](C(=O)N/N=C/c3ccc(OC)c(OC)c3)CC2=O)cc1. The maximum absolute atomic E-state index is 12.4. The van der Waals surface area contributed by atoms with Crippen molar-refractivity contribution in [1.82, 2.24) is 5.43 Å². The quantitative estimate of drug-likeness (QED) is 0.577. The van der Waals surface area contributed by atoms with Gasteiger partial charge in [-0.25, -0.2) is 5.43 Å². The van der Waals surface area contributed by atoms with Gasteiger partial charge in [-0.3, -0.25) is 9.59 Å². The maximum atomic E-state index is 12.4. The van der Waals surface area contributed by atoms with Crippen LogP contribution < -0.4 is 19.8 Å². The fourth-order valence-corrected chi connectivity index (χ4v) is 3.24. The molecular formula is C22H25N3O4. The summed E-state index contributed by atoms with van der Waals surface area (Å²) >= 11 is 0. The van der Waals surface area contributed by atoms with Crippen molar-refractivity contribution in [2.75, 3.05) is 25.7 Å². The molecule has 0 unspecified atom stereocenters. The molecule has 1 atom stereocenters. The molecule has 1 N–H and O–H groups in total. The summed E-state index contributed by atoms with van der Waals surface area (Å²) in [4.78, 5) is 26.4. The highest BCUT2D eigenvalue weighted by atomic mass is 16.5. The van der Waals surface area contributed by atoms with Gasteiger partial charge in [-0.05, 0) is 47.9 Å². The van der Waals surface area contributed by atoms with Crippen LogP contribution in [-0.4, -0.2) is 38.8 Å². The number of benzene rings is 2. The average molecular weight is 395 g/mol. The minimum absolute atomic E-state index is 0.0572. The standard InChI is InChI=1S/C22H25N3O4/c1-4-15-5-8-18(9-6-15)25-14-17(12-21(25)26)22(27)24-23-13-16-7-10-19(28-2)20(11-16)29-3/h5-11,13,17H,4,12,14H2,1-3H3,(H,24,27)/b23-13+/t17-/m1/s1. The van der Waals surface area contributed by atoms with Crippen LogP contribution in [0.5, 0.6) is 11.5 Å². The van der Waals surface area contributed by atoms with Crippen molar-refractivity contribution in [3.8, 4) is 11.5 Å². The average Bonchev–Trinajstić information content (AvgIpc) is 3.15. The second kappa shape index (κ2) is 9.23. The molecule has 7 heteroatoms. The van der Waals surface area contributed by atoms with Crippen LogP contribution in [0.1, 0.15) is 24.5 Å². The zero-order valence-electron chi connectivity index (χ0n) is 16.8. The van der Waals surface area contributed by atoms with Crippen LogP contribution in [0.15, 0.2) is 47.6 Å². The molecule has 1 heterocycles. The molecule has 0 aromatic heterocycles. The summed E-state index contributed by atoms with van der Waals surface area (Å²) in [7, 11) is 3.12. The van der Waals surface area contributed by atoms with E-state index >= 15 is 0 Å². The third-order valence-corrected chi connectivity index (χ3v) is 4.95. The number of ether oxygens (including phenoxy) is 2. The molecule has 3 rings (SSSR count). The molecule has 1 saturated heterocycles. The molecule has 0 radical (unpaired) electrons. The first-order valence-electron chi connectivity index (χ1n) is 9.50. The molecule has 0 aliphatic carbocycles. The Labute approximate surface area is 170 Å². The Kier molecular flexibility index (Phi) is 6.49. The summed E-state index contributed by atoms with van der Waals surface area (Å²) in [5.74, 6) is 0.427. The van der Waals surface area contributed by atoms with Gasteiger partial charge >= 0.3 is 0 Å². The van der Waals surface area contributed by atoms with Crippen molar-refractivity contribution in [3.63, 3.8) is 0 Å². The molecular weight excluding hydrogens is 370 g/mol. The van der Waals surface area contributed by atoms with E-state index in [0.29, 0.717) is 18.0 Å². The number of amides is 2. The molecule has 2 amide bonds. The summed E-state index contributed by atoms with van der Waals surface area (Å²) in [5.41, 5.74) is 5.31. The Balaban J connectivity index is 1.59. The number of rotatable bonds is 7. The maximum Gasteiger partial charge on any atom is 0.245 e. The third kappa shape index (κ3) is 4.74. The molecule has 1 aliphatic rings. The first kappa shape index (κ1) is 20.4. The number of methoxy groups -OCH3 is 2. The number of hydrazone groups is 1. The van der Waals surface area contributed by atoms with Gasteiger partial charge in [-0.1, -0.05) is 19.1 Å². The van der Waals surface area contributed by atoms with Gasteiger partial charge in [0.05, 0.1) is 26.4 Å². The molecule has 0 spiro atoms. The summed E-state index contributed by atoms with van der Waals surface area (Å²) in [6.07, 6.45) is 2.64. The van der Waals surface area contributed by atoms with Gasteiger partial charge in [0.15, 0.2) is 11.5 Å². The molecule has 7 nitrogen and oxygen atoms in total. The van der Waals surface area contributed by atoms with Gasteiger partial charge in [-0.15, -0.1) is 0 Å². The van der Waals surface area contributed by atoms with Crippen molar-refractivity contribution in [2.24, 2.45) is 11.0 Å². The van der Waals surface area contributed by atoms with Crippen molar-refractivity contribution < 1.29 is 19.1 Å². The predicted octanol–water partition coefficient (Wildman–Crippen LogP) is 2.77.